The second-order valence-electron chi connectivity index (χ2n) is 3.52. The van der Waals surface area contributed by atoms with E-state index in [1.54, 1.807) is 23.9 Å². The number of fused-ring (bicyclic) bond motifs is 2. The van der Waals surface area contributed by atoms with Crippen molar-refractivity contribution in [1.29, 1.82) is 0 Å². The van der Waals surface area contributed by atoms with Gasteiger partial charge in [-0.25, -0.2) is 0 Å². The summed E-state index contributed by atoms with van der Waals surface area (Å²) in [6.07, 6.45) is 0. The van der Waals surface area contributed by atoms with Crippen molar-refractivity contribution in [3.05, 3.63) is 40.0 Å². The van der Waals surface area contributed by atoms with Gasteiger partial charge in [0.25, 0.3) is 0 Å². The van der Waals surface area contributed by atoms with Gasteiger partial charge < -0.3 is 10.4 Å². The molecular formula is C12H8INOS. The number of aromatic hydroxyl groups is 1. The van der Waals surface area contributed by atoms with Crippen molar-refractivity contribution < 1.29 is 5.11 Å². The van der Waals surface area contributed by atoms with E-state index < -0.39 is 0 Å². The maximum Gasteiger partial charge on any atom is 0.117 e. The molecule has 0 aliphatic carbocycles. The van der Waals surface area contributed by atoms with Gasteiger partial charge in [0.15, 0.2) is 0 Å². The van der Waals surface area contributed by atoms with Crippen LogP contribution in [0, 0.1) is 3.57 Å². The Labute approximate surface area is 111 Å². The average molecular weight is 341 g/mol. The molecule has 2 N–H and O–H groups in total. The van der Waals surface area contributed by atoms with Crippen LogP contribution < -0.4 is 5.32 Å². The van der Waals surface area contributed by atoms with Crippen LogP contribution in [0.4, 0.5) is 11.4 Å². The van der Waals surface area contributed by atoms with Gasteiger partial charge in [-0.1, -0.05) is 17.8 Å². The predicted molar refractivity (Wildman–Crippen MR) is 74.7 cm³/mol. The zero-order chi connectivity index (χ0) is 11.1. The molecule has 2 aromatic rings. The fourth-order valence-corrected chi connectivity index (χ4v) is 3.49. The highest BCUT2D eigenvalue weighted by molar-refractivity contribution is 14.1. The summed E-state index contributed by atoms with van der Waals surface area (Å²) in [5, 5.41) is 12.8. The fourth-order valence-electron chi connectivity index (χ4n) is 1.67. The van der Waals surface area contributed by atoms with Gasteiger partial charge in [-0.3, -0.25) is 0 Å². The highest BCUT2D eigenvalue weighted by Gasteiger charge is 2.17. The second kappa shape index (κ2) is 3.85. The van der Waals surface area contributed by atoms with E-state index in [1.165, 1.54) is 8.47 Å². The van der Waals surface area contributed by atoms with Crippen LogP contribution in [0.15, 0.2) is 46.2 Å². The normalized spacial score (nSPS) is 12.6. The molecule has 0 atom stereocenters. The van der Waals surface area contributed by atoms with Gasteiger partial charge in [0.2, 0.25) is 0 Å². The van der Waals surface area contributed by atoms with Crippen molar-refractivity contribution in [2.45, 2.75) is 9.79 Å². The molecule has 3 rings (SSSR count). The Morgan fingerprint density at radius 1 is 1.12 bits per heavy atom. The first-order chi connectivity index (χ1) is 7.74. The predicted octanol–water partition coefficient (Wildman–Crippen LogP) is 4.21. The Morgan fingerprint density at radius 3 is 2.88 bits per heavy atom. The summed E-state index contributed by atoms with van der Waals surface area (Å²) in [6, 6.07) is 11.6. The lowest BCUT2D eigenvalue weighted by molar-refractivity contribution is 0.475. The van der Waals surface area contributed by atoms with E-state index in [0.717, 1.165) is 16.3 Å². The number of hydrogen-bond acceptors (Lipinski definition) is 3. The minimum Gasteiger partial charge on any atom is -0.508 e. The Bertz CT molecular complexity index is 571. The van der Waals surface area contributed by atoms with Crippen LogP contribution >= 0.6 is 34.4 Å². The molecule has 4 heteroatoms. The first kappa shape index (κ1) is 10.3. The maximum atomic E-state index is 9.45. The van der Waals surface area contributed by atoms with E-state index >= 15 is 0 Å². The van der Waals surface area contributed by atoms with E-state index in [2.05, 4.69) is 46.1 Å². The third-order valence-corrected chi connectivity index (χ3v) is 4.45. The van der Waals surface area contributed by atoms with Crippen LogP contribution in [0.2, 0.25) is 0 Å². The van der Waals surface area contributed by atoms with Crippen LogP contribution in [0.25, 0.3) is 0 Å². The minimum atomic E-state index is 0.293. The lowest BCUT2D eigenvalue weighted by Crippen LogP contribution is -2.01. The standard InChI is InChI=1S/C12H8INOS/c13-8-2-1-3-11-12(8)14-9-6-7(15)4-5-10(9)16-11/h1-6,14-15H. The molecule has 2 aromatic carbocycles. The number of phenols is 1. The molecule has 1 aliphatic rings. The van der Waals surface area contributed by atoms with Gasteiger partial charge >= 0.3 is 0 Å². The number of rotatable bonds is 0. The first-order valence-electron chi connectivity index (χ1n) is 4.80. The lowest BCUT2D eigenvalue weighted by Gasteiger charge is -2.21. The number of para-hydroxylation sites is 1. The summed E-state index contributed by atoms with van der Waals surface area (Å²) in [4.78, 5) is 2.37. The summed E-state index contributed by atoms with van der Waals surface area (Å²) < 4.78 is 1.19. The summed E-state index contributed by atoms with van der Waals surface area (Å²) in [6.45, 7) is 0. The molecule has 0 amide bonds. The summed E-state index contributed by atoms with van der Waals surface area (Å²) in [5.74, 6) is 0.293. The molecule has 2 nitrogen and oxygen atoms in total. The molecule has 16 heavy (non-hydrogen) atoms. The number of benzene rings is 2. The molecule has 1 aliphatic heterocycles. The largest absolute Gasteiger partial charge is 0.508 e. The number of nitrogens with one attached hydrogen (secondary N) is 1. The van der Waals surface area contributed by atoms with Gasteiger partial charge in [-0.05, 0) is 46.9 Å². The van der Waals surface area contributed by atoms with Crippen LogP contribution in [-0.4, -0.2) is 5.11 Å². The summed E-state index contributed by atoms with van der Waals surface area (Å²) >= 11 is 4.04. The van der Waals surface area contributed by atoms with Crippen LogP contribution in [-0.2, 0) is 0 Å². The summed E-state index contributed by atoms with van der Waals surface area (Å²) in [5.41, 5.74) is 2.10. The SMILES string of the molecule is Oc1ccc2c(c1)Nc1c(I)cccc1S2. The second-order valence-corrected chi connectivity index (χ2v) is 5.77. The fraction of sp³-hybridized carbons (Fsp3) is 0. The number of halogens is 1. The molecule has 0 spiro atoms. The van der Waals surface area contributed by atoms with E-state index in [9.17, 15) is 5.11 Å². The molecule has 0 bridgehead atoms. The molecule has 0 fully saturated rings. The molecule has 1 heterocycles. The third-order valence-electron chi connectivity index (χ3n) is 2.42. The average Bonchev–Trinajstić information content (AvgIpc) is 2.28. The monoisotopic (exact) mass is 341 g/mol. The molecule has 0 unspecified atom stereocenters. The zero-order valence-corrected chi connectivity index (χ0v) is 11.2. The van der Waals surface area contributed by atoms with Crippen LogP contribution in [0.5, 0.6) is 5.75 Å². The van der Waals surface area contributed by atoms with Crippen LogP contribution in [0.3, 0.4) is 0 Å². The van der Waals surface area contributed by atoms with Gasteiger partial charge in [0.1, 0.15) is 5.75 Å². The Balaban J connectivity index is 2.13. The smallest absolute Gasteiger partial charge is 0.117 e. The third kappa shape index (κ3) is 1.66. The Hall–Kier alpha value is -0.880. The van der Waals surface area contributed by atoms with Crippen molar-refractivity contribution in [2.75, 3.05) is 5.32 Å². The van der Waals surface area contributed by atoms with Gasteiger partial charge in [0, 0.05) is 19.4 Å². The van der Waals surface area contributed by atoms with Crippen molar-refractivity contribution in [3.63, 3.8) is 0 Å². The minimum absolute atomic E-state index is 0.293. The topological polar surface area (TPSA) is 32.3 Å². The Morgan fingerprint density at radius 2 is 2.00 bits per heavy atom. The van der Waals surface area contributed by atoms with E-state index in [0.29, 0.717) is 5.75 Å². The maximum absolute atomic E-state index is 9.45. The Kier molecular flexibility index (Phi) is 2.48. The van der Waals surface area contributed by atoms with Crippen LogP contribution in [0.1, 0.15) is 0 Å². The number of anilines is 2. The molecule has 0 saturated carbocycles. The molecular weight excluding hydrogens is 333 g/mol. The molecule has 80 valence electrons. The quantitative estimate of drug-likeness (QED) is 0.601. The van der Waals surface area contributed by atoms with Gasteiger partial charge in [-0.15, -0.1) is 0 Å². The first-order valence-corrected chi connectivity index (χ1v) is 6.70. The highest BCUT2D eigenvalue weighted by atomic mass is 127. The van der Waals surface area contributed by atoms with E-state index in [1.807, 2.05) is 6.07 Å². The summed E-state index contributed by atoms with van der Waals surface area (Å²) in [7, 11) is 0. The van der Waals surface area contributed by atoms with Crippen molar-refractivity contribution in [2.24, 2.45) is 0 Å². The molecule has 0 radical (unpaired) electrons. The van der Waals surface area contributed by atoms with Gasteiger partial charge in [-0.2, -0.15) is 0 Å². The lowest BCUT2D eigenvalue weighted by atomic mass is 10.2. The van der Waals surface area contributed by atoms with Crippen molar-refractivity contribution in [3.8, 4) is 5.75 Å². The van der Waals surface area contributed by atoms with Crippen molar-refractivity contribution >= 4 is 45.7 Å². The van der Waals surface area contributed by atoms with E-state index in [4.69, 9.17) is 0 Å². The van der Waals surface area contributed by atoms with E-state index in [-0.39, 0.29) is 0 Å². The number of hydrogen-bond donors (Lipinski definition) is 2. The zero-order valence-electron chi connectivity index (χ0n) is 8.20. The number of phenolic OH excluding ortho intramolecular Hbond substituents is 1. The van der Waals surface area contributed by atoms with Crippen molar-refractivity contribution in [1.82, 2.24) is 0 Å². The molecule has 0 saturated heterocycles. The highest BCUT2D eigenvalue weighted by Crippen LogP contribution is 2.46. The molecule has 0 aromatic heterocycles. The van der Waals surface area contributed by atoms with Gasteiger partial charge in [0.05, 0.1) is 11.4 Å².